The van der Waals surface area contributed by atoms with Gasteiger partial charge in [-0.05, 0) is 85.9 Å². The smallest absolute Gasteiger partial charge is 0.137 e. The van der Waals surface area contributed by atoms with Gasteiger partial charge in [-0.3, -0.25) is 0 Å². The van der Waals surface area contributed by atoms with E-state index in [4.69, 9.17) is 4.42 Å². The second kappa shape index (κ2) is 11.0. The van der Waals surface area contributed by atoms with Gasteiger partial charge in [-0.15, -0.1) is 11.3 Å². The van der Waals surface area contributed by atoms with Gasteiger partial charge in [0.1, 0.15) is 19.2 Å². The Balaban J connectivity index is 1.18. The van der Waals surface area contributed by atoms with Gasteiger partial charge in [-0.25, -0.2) is 0 Å². The summed E-state index contributed by atoms with van der Waals surface area (Å²) in [6.07, 6.45) is 0. The second-order valence-electron chi connectivity index (χ2n) is 14.4. The van der Waals surface area contributed by atoms with E-state index in [1.54, 1.807) is 0 Å². The Hall–Kier alpha value is -5.94. The third-order valence-corrected chi connectivity index (χ3v) is 16.0. The Morgan fingerprint density at radius 3 is 2.08 bits per heavy atom. The fourth-order valence-corrected chi connectivity index (χ4v) is 13.6. The van der Waals surface area contributed by atoms with Crippen molar-refractivity contribution in [3.8, 4) is 22.3 Å². The van der Waals surface area contributed by atoms with Crippen LogP contribution in [0.3, 0.4) is 0 Å². The Labute approximate surface area is 306 Å². The van der Waals surface area contributed by atoms with Crippen molar-refractivity contribution in [1.29, 1.82) is 0 Å². The van der Waals surface area contributed by atoms with Crippen LogP contribution in [-0.4, -0.2) is 8.07 Å². The molecule has 0 aliphatic carbocycles. The SMILES string of the molecule is C[Si]1(C)c2ccc3c(sc4ccccc43)c2-c2cccc(N(c3ccc(-c4cccc5ccccc45)cc3)c3cccc4oc5ccccc5c34)c21. The maximum absolute atomic E-state index is 6.48. The number of thiophene rings is 1. The summed E-state index contributed by atoms with van der Waals surface area (Å²) in [5.41, 5.74) is 10.6. The maximum Gasteiger partial charge on any atom is 0.137 e. The largest absolute Gasteiger partial charge is 0.456 e. The summed E-state index contributed by atoms with van der Waals surface area (Å²) in [5.74, 6) is 0. The molecule has 0 atom stereocenters. The topological polar surface area (TPSA) is 16.4 Å². The molecule has 4 heteroatoms. The molecule has 2 aromatic heterocycles. The average Bonchev–Trinajstić information content (AvgIpc) is 3.83. The molecule has 0 unspecified atom stereocenters. The zero-order chi connectivity index (χ0) is 34.6. The Morgan fingerprint density at radius 1 is 0.519 bits per heavy atom. The molecule has 52 heavy (non-hydrogen) atoms. The van der Waals surface area contributed by atoms with Gasteiger partial charge in [0.05, 0.1) is 11.1 Å². The number of hydrogen-bond acceptors (Lipinski definition) is 3. The van der Waals surface area contributed by atoms with Crippen molar-refractivity contribution >= 4 is 99.7 Å². The molecule has 11 rings (SSSR count). The monoisotopic (exact) mass is 699 g/mol. The van der Waals surface area contributed by atoms with Crippen LogP contribution in [-0.2, 0) is 0 Å². The van der Waals surface area contributed by atoms with E-state index in [-0.39, 0.29) is 0 Å². The van der Waals surface area contributed by atoms with Crippen LogP contribution >= 0.6 is 11.3 Å². The molecule has 0 saturated heterocycles. The van der Waals surface area contributed by atoms with E-state index in [0.29, 0.717) is 0 Å². The molecule has 8 aromatic carbocycles. The quantitative estimate of drug-likeness (QED) is 0.170. The molecule has 2 nitrogen and oxygen atoms in total. The second-order valence-corrected chi connectivity index (χ2v) is 19.8. The predicted octanol–water partition coefficient (Wildman–Crippen LogP) is 13.0. The minimum absolute atomic E-state index is 0.899. The molecule has 0 amide bonds. The Bertz CT molecular complexity index is 3050. The van der Waals surface area contributed by atoms with Gasteiger partial charge in [-0.1, -0.05) is 134 Å². The number of nitrogens with zero attached hydrogens (tertiary/aromatic N) is 1. The van der Waals surface area contributed by atoms with E-state index < -0.39 is 8.07 Å². The Morgan fingerprint density at radius 2 is 1.19 bits per heavy atom. The number of para-hydroxylation sites is 1. The molecule has 0 bridgehead atoms. The van der Waals surface area contributed by atoms with E-state index >= 15 is 0 Å². The van der Waals surface area contributed by atoms with Crippen molar-refractivity contribution in [3.05, 3.63) is 164 Å². The van der Waals surface area contributed by atoms with Gasteiger partial charge >= 0.3 is 0 Å². The van der Waals surface area contributed by atoms with E-state index in [1.807, 2.05) is 11.3 Å². The van der Waals surface area contributed by atoms with Crippen LogP contribution in [0.4, 0.5) is 17.1 Å². The van der Waals surface area contributed by atoms with Gasteiger partial charge in [-0.2, -0.15) is 0 Å². The molecule has 1 aliphatic heterocycles. The van der Waals surface area contributed by atoms with Crippen molar-refractivity contribution in [1.82, 2.24) is 0 Å². The standard InChI is InChI=1S/C48H33NOSSi/c1-52(2)44-29-28-36-35-15-6-8-23-43(35)51-47(36)46(44)38-18-10-20-40(48(38)52)49(39-19-11-22-42-45(39)37-16-5-7-21-41(37)50-42)32-26-24-31(25-27-32)34-17-9-13-30-12-3-4-14-33(30)34/h3-29H,1-2H3. The molecule has 0 saturated carbocycles. The normalized spacial score (nSPS) is 13.3. The lowest BCUT2D eigenvalue weighted by Gasteiger charge is -2.32. The van der Waals surface area contributed by atoms with Crippen molar-refractivity contribution in [2.24, 2.45) is 0 Å². The molecular weight excluding hydrogens is 667 g/mol. The molecule has 0 N–H and O–H groups in total. The van der Waals surface area contributed by atoms with E-state index in [0.717, 1.165) is 33.3 Å². The van der Waals surface area contributed by atoms with Gasteiger partial charge < -0.3 is 9.32 Å². The van der Waals surface area contributed by atoms with E-state index in [1.165, 1.54) is 69.3 Å². The van der Waals surface area contributed by atoms with Crippen LogP contribution in [0.1, 0.15) is 0 Å². The summed E-state index contributed by atoms with van der Waals surface area (Å²) in [6, 6.07) is 60.0. The summed E-state index contributed by atoms with van der Waals surface area (Å²) in [5, 5.41) is 10.5. The fraction of sp³-hybridized carbons (Fsp3) is 0.0417. The minimum atomic E-state index is -2.18. The lowest BCUT2D eigenvalue weighted by molar-refractivity contribution is 0.669. The molecule has 246 valence electrons. The van der Waals surface area contributed by atoms with Crippen molar-refractivity contribution in [2.75, 3.05) is 4.90 Å². The van der Waals surface area contributed by atoms with Crippen LogP contribution in [0.25, 0.3) is 75.1 Å². The molecule has 0 fully saturated rings. The molecule has 0 spiro atoms. The highest BCUT2D eigenvalue weighted by molar-refractivity contribution is 7.26. The summed E-state index contributed by atoms with van der Waals surface area (Å²) >= 11 is 1.94. The third kappa shape index (κ3) is 4.16. The summed E-state index contributed by atoms with van der Waals surface area (Å²) < 4.78 is 9.23. The van der Waals surface area contributed by atoms with Gasteiger partial charge in [0.2, 0.25) is 0 Å². The highest BCUT2D eigenvalue weighted by Crippen LogP contribution is 2.47. The number of rotatable bonds is 4. The predicted molar refractivity (Wildman–Crippen MR) is 226 cm³/mol. The maximum atomic E-state index is 6.48. The van der Waals surface area contributed by atoms with Crippen LogP contribution in [0.15, 0.2) is 168 Å². The zero-order valence-electron chi connectivity index (χ0n) is 28.9. The van der Waals surface area contributed by atoms with Gasteiger partial charge in [0.25, 0.3) is 0 Å². The van der Waals surface area contributed by atoms with Crippen LogP contribution in [0.5, 0.6) is 0 Å². The average molecular weight is 700 g/mol. The Kier molecular flexibility index (Phi) is 6.31. The first-order valence-corrected chi connectivity index (χ1v) is 21.7. The van der Waals surface area contributed by atoms with E-state index in [9.17, 15) is 0 Å². The molecule has 3 heterocycles. The number of benzene rings is 8. The first kappa shape index (κ1) is 29.8. The number of fused-ring (bicyclic) bond motifs is 11. The molecular formula is C48H33NOSSi. The van der Waals surface area contributed by atoms with Crippen LogP contribution < -0.4 is 15.3 Å². The lowest BCUT2D eigenvalue weighted by Crippen LogP contribution is -2.50. The van der Waals surface area contributed by atoms with Gasteiger partial charge in [0, 0.05) is 36.9 Å². The molecule has 1 aliphatic rings. The lowest BCUT2D eigenvalue weighted by atomic mass is 9.98. The van der Waals surface area contributed by atoms with Crippen molar-refractivity contribution < 1.29 is 4.42 Å². The summed E-state index contributed by atoms with van der Waals surface area (Å²) in [6.45, 7) is 5.08. The summed E-state index contributed by atoms with van der Waals surface area (Å²) in [7, 11) is -2.18. The minimum Gasteiger partial charge on any atom is -0.456 e. The van der Waals surface area contributed by atoms with Crippen LogP contribution in [0.2, 0.25) is 13.1 Å². The van der Waals surface area contributed by atoms with E-state index in [2.05, 4.69) is 182 Å². The number of hydrogen-bond donors (Lipinski definition) is 0. The first-order valence-electron chi connectivity index (χ1n) is 17.9. The highest BCUT2D eigenvalue weighted by atomic mass is 32.1. The summed E-state index contributed by atoms with van der Waals surface area (Å²) in [4.78, 5) is 2.51. The van der Waals surface area contributed by atoms with Crippen molar-refractivity contribution in [3.63, 3.8) is 0 Å². The van der Waals surface area contributed by atoms with Crippen LogP contribution in [0, 0.1) is 0 Å². The number of anilines is 3. The van der Waals surface area contributed by atoms with Crippen molar-refractivity contribution in [2.45, 2.75) is 13.1 Å². The third-order valence-electron chi connectivity index (χ3n) is 11.2. The highest BCUT2D eigenvalue weighted by Gasteiger charge is 2.42. The zero-order valence-corrected chi connectivity index (χ0v) is 30.7. The molecule has 10 aromatic rings. The first-order chi connectivity index (χ1) is 25.6. The van der Waals surface area contributed by atoms with Gasteiger partial charge in [0.15, 0.2) is 0 Å². The molecule has 0 radical (unpaired) electrons. The number of furan rings is 1. The fourth-order valence-electron chi connectivity index (χ4n) is 8.92.